The normalized spacial score (nSPS) is 11.1. The number of aliphatic hydroxyl groups excluding tert-OH is 1. The minimum atomic E-state index is -1.02. The van der Waals surface area contributed by atoms with Crippen molar-refractivity contribution in [3.63, 3.8) is 0 Å². The van der Waals surface area contributed by atoms with Gasteiger partial charge >= 0.3 is 5.97 Å². The predicted octanol–water partition coefficient (Wildman–Crippen LogP) is 1.98. The molecular formula is C19H24ClNO6. The summed E-state index contributed by atoms with van der Waals surface area (Å²) in [5.41, 5.74) is 0. The number of hydrogen-bond acceptors (Lipinski definition) is 6. The number of hydrogen-bond donors (Lipinski definition) is 3. The van der Waals surface area contributed by atoms with Crippen LogP contribution in [0.2, 0.25) is 0 Å². The van der Waals surface area contributed by atoms with Gasteiger partial charge in [0.25, 0.3) is 0 Å². The average molecular weight is 398 g/mol. The Kier molecular flexibility index (Phi) is 10.7. The number of ether oxygens (including phenoxy) is 3. The van der Waals surface area contributed by atoms with E-state index in [1.165, 1.54) is 0 Å². The first-order chi connectivity index (χ1) is 12.6. The van der Waals surface area contributed by atoms with Crippen LogP contribution in [0.1, 0.15) is 0 Å². The Balaban J connectivity index is 0.00000364. The highest BCUT2D eigenvalue weighted by Crippen LogP contribution is 2.17. The van der Waals surface area contributed by atoms with Crippen molar-refractivity contribution in [3.05, 3.63) is 54.6 Å². The molecule has 2 aromatic rings. The molecule has 0 bridgehead atoms. The van der Waals surface area contributed by atoms with Crippen LogP contribution in [-0.4, -0.2) is 55.2 Å². The van der Waals surface area contributed by atoms with Crippen LogP contribution in [0.5, 0.6) is 17.2 Å². The van der Waals surface area contributed by atoms with Crippen LogP contribution in [0.4, 0.5) is 0 Å². The maximum Gasteiger partial charge on any atom is 0.341 e. The molecule has 0 radical (unpaired) electrons. The first-order valence-corrected chi connectivity index (χ1v) is 8.27. The van der Waals surface area contributed by atoms with Gasteiger partial charge < -0.3 is 29.7 Å². The molecule has 3 N–H and O–H groups in total. The zero-order chi connectivity index (χ0) is 18.6. The standard InChI is InChI=1S/C19H23NO6.ClH/c21-15(13-25-16-4-2-1-3-5-16)12-20-10-11-24-17-6-8-18(9-7-17)26-14-19(22)23;/h1-9,15,20-21H,10-14H2,(H,22,23);1H. The van der Waals surface area contributed by atoms with Gasteiger partial charge in [-0.05, 0) is 36.4 Å². The van der Waals surface area contributed by atoms with Gasteiger partial charge in [0.05, 0.1) is 0 Å². The van der Waals surface area contributed by atoms with Gasteiger partial charge in [-0.15, -0.1) is 12.4 Å². The first-order valence-electron chi connectivity index (χ1n) is 8.27. The van der Waals surface area contributed by atoms with Crippen molar-refractivity contribution in [1.29, 1.82) is 0 Å². The van der Waals surface area contributed by atoms with E-state index in [4.69, 9.17) is 19.3 Å². The number of benzene rings is 2. The van der Waals surface area contributed by atoms with Gasteiger partial charge in [0.2, 0.25) is 0 Å². The maximum absolute atomic E-state index is 10.4. The number of carbonyl (C=O) groups is 1. The molecule has 1 unspecified atom stereocenters. The molecule has 148 valence electrons. The molecule has 27 heavy (non-hydrogen) atoms. The summed E-state index contributed by atoms with van der Waals surface area (Å²) in [6.07, 6.45) is -0.610. The van der Waals surface area contributed by atoms with Gasteiger partial charge in [0.15, 0.2) is 6.61 Å². The Labute approximate surface area is 164 Å². The molecule has 0 fully saturated rings. The third-order valence-corrected chi connectivity index (χ3v) is 3.30. The van der Waals surface area contributed by atoms with Crippen molar-refractivity contribution in [2.75, 3.05) is 32.9 Å². The smallest absolute Gasteiger partial charge is 0.341 e. The summed E-state index contributed by atoms with van der Waals surface area (Å²) in [6, 6.07) is 16.1. The molecule has 2 aromatic carbocycles. The van der Waals surface area contributed by atoms with Gasteiger partial charge in [-0.2, -0.15) is 0 Å². The second-order valence-electron chi connectivity index (χ2n) is 5.48. The lowest BCUT2D eigenvalue weighted by atomic mass is 10.3. The van der Waals surface area contributed by atoms with Gasteiger partial charge in [-0.25, -0.2) is 4.79 Å². The molecule has 0 heterocycles. The Morgan fingerprint density at radius 2 is 1.52 bits per heavy atom. The highest BCUT2D eigenvalue weighted by Gasteiger charge is 2.05. The number of nitrogens with one attached hydrogen (secondary N) is 1. The zero-order valence-electron chi connectivity index (χ0n) is 14.7. The second kappa shape index (κ2) is 12.8. The number of para-hydroxylation sites is 1. The van der Waals surface area contributed by atoms with Gasteiger partial charge in [0.1, 0.15) is 36.6 Å². The largest absolute Gasteiger partial charge is 0.492 e. The lowest BCUT2D eigenvalue weighted by Crippen LogP contribution is -2.33. The monoisotopic (exact) mass is 397 g/mol. The third-order valence-electron chi connectivity index (χ3n) is 3.30. The molecule has 1 atom stereocenters. The number of carboxylic acids is 1. The summed E-state index contributed by atoms with van der Waals surface area (Å²) in [5, 5.41) is 21.5. The van der Waals surface area contributed by atoms with E-state index in [1.807, 2.05) is 30.3 Å². The van der Waals surface area contributed by atoms with Crippen LogP contribution < -0.4 is 19.5 Å². The fourth-order valence-electron chi connectivity index (χ4n) is 2.05. The molecule has 0 aliphatic heterocycles. The van der Waals surface area contributed by atoms with E-state index in [-0.39, 0.29) is 25.6 Å². The molecule has 0 amide bonds. The second-order valence-corrected chi connectivity index (χ2v) is 5.48. The van der Waals surface area contributed by atoms with E-state index in [9.17, 15) is 9.90 Å². The van der Waals surface area contributed by atoms with Crippen LogP contribution in [-0.2, 0) is 4.79 Å². The predicted molar refractivity (Wildman–Crippen MR) is 103 cm³/mol. The molecule has 0 aliphatic rings. The van der Waals surface area contributed by atoms with Gasteiger partial charge in [-0.1, -0.05) is 18.2 Å². The van der Waals surface area contributed by atoms with Crippen LogP contribution in [0.15, 0.2) is 54.6 Å². The molecule has 2 rings (SSSR count). The number of halogens is 1. The highest BCUT2D eigenvalue weighted by atomic mass is 35.5. The third kappa shape index (κ3) is 9.69. The van der Waals surface area contributed by atoms with E-state index in [2.05, 4.69) is 5.32 Å². The van der Waals surface area contributed by atoms with Crippen molar-refractivity contribution >= 4 is 18.4 Å². The maximum atomic E-state index is 10.4. The van der Waals surface area contributed by atoms with Crippen LogP contribution >= 0.6 is 12.4 Å². The highest BCUT2D eigenvalue weighted by molar-refractivity contribution is 5.85. The lowest BCUT2D eigenvalue weighted by Gasteiger charge is -2.13. The van der Waals surface area contributed by atoms with Crippen LogP contribution in [0, 0.1) is 0 Å². The molecule has 0 saturated heterocycles. The Hall–Kier alpha value is -2.48. The van der Waals surface area contributed by atoms with Crippen molar-refractivity contribution in [2.45, 2.75) is 6.10 Å². The minimum Gasteiger partial charge on any atom is -0.492 e. The molecule has 0 aliphatic carbocycles. The summed E-state index contributed by atoms with van der Waals surface area (Å²) >= 11 is 0. The topological polar surface area (TPSA) is 97.3 Å². The van der Waals surface area contributed by atoms with E-state index >= 15 is 0 Å². The van der Waals surface area contributed by atoms with E-state index in [0.717, 1.165) is 5.75 Å². The fraction of sp³-hybridized carbons (Fsp3) is 0.316. The number of carboxylic acid groups (broad SMARTS) is 1. The Bertz CT molecular complexity index is 653. The first kappa shape index (κ1) is 22.6. The van der Waals surface area contributed by atoms with E-state index in [0.29, 0.717) is 31.2 Å². The number of aliphatic carboxylic acids is 1. The van der Waals surface area contributed by atoms with Crippen LogP contribution in [0.25, 0.3) is 0 Å². The summed E-state index contributed by atoms with van der Waals surface area (Å²) in [5.74, 6) is 0.834. The van der Waals surface area contributed by atoms with Crippen molar-refractivity contribution in [1.82, 2.24) is 5.32 Å². The summed E-state index contributed by atoms with van der Waals surface area (Å²) in [6.45, 7) is 1.25. The molecule has 7 nitrogen and oxygen atoms in total. The minimum absolute atomic E-state index is 0. The molecular weight excluding hydrogens is 374 g/mol. The molecule has 8 heteroatoms. The SMILES string of the molecule is Cl.O=C(O)COc1ccc(OCCNCC(O)COc2ccccc2)cc1. The lowest BCUT2D eigenvalue weighted by molar-refractivity contribution is -0.139. The van der Waals surface area contributed by atoms with Crippen LogP contribution in [0.3, 0.4) is 0 Å². The molecule has 0 saturated carbocycles. The summed E-state index contributed by atoms with van der Waals surface area (Å²) < 4.78 is 16.1. The quantitative estimate of drug-likeness (QED) is 0.471. The summed E-state index contributed by atoms with van der Waals surface area (Å²) in [7, 11) is 0. The van der Waals surface area contributed by atoms with Crippen molar-refractivity contribution < 1.29 is 29.2 Å². The van der Waals surface area contributed by atoms with Gasteiger partial charge in [-0.3, -0.25) is 0 Å². The summed E-state index contributed by atoms with van der Waals surface area (Å²) in [4.78, 5) is 10.4. The number of aliphatic hydroxyl groups is 1. The Morgan fingerprint density at radius 3 is 2.15 bits per heavy atom. The fourth-order valence-corrected chi connectivity index (χ4v) is 2.05. The average Bonchev–Trinajstić information content (AvgIpc) is 2.66. The molecule has 0 aromatic heterocycles. The van der Waals surface area contributed by atoms with Crippen molar-refractivity contribution in [3.8, 4) is 17.2 Å². The van der Waals surface area contributed by atoms with E-state index in [1.54, 1.807) is 24.3 Å². The Morgan fingerprint density at radius 1 is 0.926 bits per heavy atom. The molecule has 0 spiro atoms. The van der Waals surface area contributed by atoms with E-state index < -0.39 is 12.1 Å². The number of rotatable bonds is 12. The van der Waals surface area contributed by atoms with Gasteiger partial charge in [0, 0.05) is 13.1 Å². The van der Waals surface area contributed by atoms with Crippen molar-refractivity contribution in [2.24, 2.45) is 0 Å². The zero-order valence-corrected chi connectivity index (χ0v) is 15.6.